The number of nitrogens with two attached hydrogens (primary N) is 2. The highest BCUT2D eigenvalue weighted by Crippen LogP contribution is 2.28. The van der Waals surface area contributed by atoms with Gasteiger partial charge in [0.25, 0.3) is 0 Å². The molecule has 10 heavy (non-hydrogen) atoms. The molecule has 0 aliphatic carbocycles. The maximum Gasteiger partial charge on any atom is 0.0597 e. The molecule has 0 unspecified atom stereocenters. The standard InChI is InChI=1S/C6H7BrN2S/c7-4-2-1-3-5(8)6(4)10-9/h1-3H,8-9H2. The Morgan fingerprint density at radius 1 is 1.40 bits per heavy atom. The lowest BCUT2D eigenvalue weighted by molar-refractivity contribution is 1.41. The molecule has 4 N–H and O–H groups in total. The first-order valence-corrected chi connectivity index (χ1v) is 4.33. The van der Waals surface area contributed by atoms with Gasteiger partial charge in [-0.05, 0) is 40.0 Å². The third-order valence-corrected chi connectivity index (χ3v) is 2.73. The summed E-state index contributed by atoms with van der Waals surface area (Å²) < 4.78 is 0.944. The average Bonchev–Trinajstić information content (AvgIpc) is 1.88. The summed E-state index contributed by atoms with van der Waals surface area (Å²) in [4.78, 5) is 0.891. The Kier molecular flexibility index (Phi) is 2.59. The molecule has 0 saturated heterocycles. The summed E-state index contributed by atoms with van der Waals surface area (Å²) in [5.41, 5.74) is 6.31. The monoisotopic (exact) mass is 218 g/mol. The predicted octanol–water partition coefficient (Wildman–Crippen LogP) is 2.00. The van der Waals surface area contributed by atoms with Crippen LogP contribution in [0.5, 0.6) is 0 Å². The summed E-state index contributed by atoms with van der Waals surface area (Å²) in [5.74, 6) is 0. The zero-order valence-corrected chi connectivity index (χ0v) is 7.58. The molecular formula is C6H7BrN2S. The Morgan fingerprint density at radius 2 is 2.10 bits per heavy atom. The molecule has 0 radical (unpaired) electrons. The molecule has 1 aromatic rings. The lowest BCUT2D eigenvalue weighted by Crippen LogP contribution is -1.90. The molecule has 0 heterocycles. The summed E-state index contributed by atoms with van der Waals surface area (Å²) in [6.45, 7) is 0. The van der Waals surface area contributed by atoms with Gasteiger partial charge in [0.2, 0.25) is 0 Å². The number of benzene rings is 1. The lowest BCUT2D eigenvalue weighted by Gasteiger charge is -2.02. The van der Waals surface area contributed by atoms with Crippen molar-refractivity contribution >= 4 is 33.6 Å². The fourth-order valence-corrected chi connectivity index (χ4v) is 1.70. The summed E-state index contributed by atoms with van der Waals surface area (Å²) >= 11 is 4.48. The second-order valence-electron chi connectivity index (χ2n) is 1.78. The zero-order chi connectivity index (χ0) is 7.56. The van der Waals surface area contributed by atoms with Crippen molar-refractivity contribution in [1.29, 1.82) is 0 Å². The largest absolute Gasteiger partial charge is 0.398 e. The summed E-state index contributed by atoms with van der Waals surface area (Å²) in [7, 11) is 0. The first-order chi connectivity index (χ1) is 4.75. The summed E-state index contributed by atoms with van der Waals surface area (Å²) in [6.07, 6.45) is 0. The van der Waals surface area contributed by atoms with E-state index in [2.05, 4.69) is 15.9 Å². The van der Waals surface area contributed by atoms with Crippen LogP contribution in [0.1, 0.15) is 0 Å². The fraction of sp³-hybridized carbons (Fsp3) is 0. The van der Waals surface area contributed by atoms with E-state index in [0.717, 1.165) is 21.3 Å². The molecule has 1 rings (SSSR count). The molecule has 0 fully saturated rings. The van der Waals surface area contributed by atoms with Crippen molar-refractivity contribution in [2.75, 3.05) is 5.73 Å². The molecule has 2 nitrogen and oxygen atoms in total. The predicted molar refractivity (Wildman–Crippen MR) is 48.6 cm³/mol. The van der Waals surface area contributed by atoms with Gasteiger partial charge in [-0.3, -0.25) is 5.14 Å². The highest BCUT2D eigenvalue weighted by molar-refractivity contribution is 9.10. The molecule has 0 saturated carbocycles. The summed E-state index contributed by atoms with van der Waals surface area (Å²) in [6, 6.07) is 5.60. The Hall–Kier alpha value is -0.190. The van der Waals surface area contributed by atoms with Crippen LogP contribution in [0.25, 0.3) is 0 Å². The Balaban J connectivity index is 3.17. The quantitative estimate of drug-likeness (QED) is 0.561. The second kappa shape index (κ2) is 3.27. The number of halogens is 1. The van der Waals surface area contributed by atoms with Crippen LogP contribution in [0.2, 0.25) is 0 Å². The van der Waals surface area contributed by atoms with Crippen molar-refractivity contribution in [3.63, 3.8) is 0 Å². The molecule has 0 aliphatic rings. The third kappa shape index (κ3) is 1.45. The van der Waals surface area contributed by atoms with Gasteiger partial charge in [0.15, 0.2) is 0 Å². The van der Waals surface area contributed by atoms with Gasteiger partial charge in [-0.1, -0.05) is 6.07 Å². The van der Waals surface area contributed by atoms with Crippen LogP contribution in [0.15, 0.2) is 27.6 Å². The fourth-order valence-electron chi connectivity index (χ4n) is 0.650. The minimum Gasteiger partial charge on any atom is -0.398 e. The van der Waals surface area contributed by atoms with Gasteiger partial charge in [-0.15, -0.1) is 0 Å². The highest BCUT2D eigenvalue weighted by atomic mass is 79.9. The third-order valence-electron chi connectivity index (χ3n) is 1.12. The van der Waals surface area contributed by atoms with Crippen LogP contribution in [-0.4, -0.2) is 0 Å². The first kappa shape index (κ1) is 7.91. The van der Waals surface area contributed by atoms with Crippen molar-refractivity contribution in [2.45, 2.75) is 4.90 Å². The number of rotatable bonds is 1. The van der Waals surface area contributed by atoms with E-state index in [1.807, 2.05) is 18.2 Å². The van der Waals surface area contributed by atoms with E-state index >= 15 is 0 Å². The number of hydrogen-bond donors (Lipinski definition) is 2. The van der Waals surface area contributed by atoms with E-state index in [1.165, 1.54) is 0 Å². The number of hydrogen-bond acceptors (Lipinski definition) is 3. The Bertz CT molecular complexity index is 219. The van der Waals surface area contributed by atoms with E-state index < -0.39 is 0 Å². The van der Waals surface area contributed by atoms with Gasteiger partial charge in [0, 0.05) is 10.2 Å². The number of nitrogen functional groups attached to an aromatic ring is 1. The van der Waals surface area contributed by atoms with Crippen molar-refractivity contribution in [3.05, 3.63) is 22.7 Å². The van der Waals surface area contributed by atoms with Gasteiger partial charge < -0.3 is 5.73 Å². The van der Waals surface area contributed by atoms with Crippen molar-refractivity contribution in [1.82, 2.24) is 0 Å². The molecule has 0 spiro atoms. The van der Waals surface area contributed by atoms with Crippen LogP contribution in [0, 0.1) is 0 Å². The molecule has 54 valence electrons. The topological polar surface area (TPSA) is 52.0 Å². The van der Waals surface area contributed by atoms with Gasteiger partial charge >= 0.3 is 0 Å². The molecule has 4 heteroatoms. The maximum atomic E-state index is 5.60. The van der Waals surface area contributed by atoms with Crippen LogP contribution in [-0.2, 0) is 0 Å². The van der Waals surface area contributed by atoms with Crippen molar-refractivity contribution in [3.8, 4) is 0 Å². The van der Waals surface area contributed by atoms with Crippen LogP contribution >= 0.6 is 27.9 Å². The van der Waals surface area contributed by atoms with E-state index in [9.17, 15) is 0 Å². The van der Waals surface area contributed by atoms with Gasteiger partial charge in [0.05, 0.1) is 4.90 Å². The van der Waals surface area contributed by atoms with Crippen molar-refractivity contribution in [2.24, 2.45) is 5.14 Å². The summed E-state index contributed by atoms with van der Waals surface area (Å²) in [5, 5.41) is 5.36. The minimum absolute atomic E-state index is 0.710. The Morgan fingerprint density at radius 3 is 2.50 bits per heavy atom. The molecule has 0 atom stereocenters. The van der Waals surface area contributed by atoms with E-state index in [1.54, 1.807) is 0 Å². The second-order valence-corrected chi connectivity index (χ2v) is 3.27. The van der Waals surface area contributed by atoms with Gasteiger partial charge in [-0.25, -0.2) is 0 Å². The molecule has 1 aromatic carbocycles. The van der Waals surface area contributed by atoms with E-state index in [-0.39, 0.29) is 0 Å². The molecule has 0 bridgehead atoms. The Labute approximate surface area is 72.2 Å². The number of anilines is 1. The van der Waals surface area contributed by atoms with Crippen LogP contribution < -0.4 is 10.9 Å². The average molecular weight is 219 g/mol. The molecule has 0 amide bonds. The minimum atomic E-state index is 0.710. The lowest BCUT2D eigenvalue weighted by atomic mass is 10.3. The SMILES string of the molecule is NSc1c(N)cccc1Br. The molecular weight excluding hydrogens is 212 g/mol. The zero-order valence-electron chi connectivity index (χ0n) is 5.17. The van der Waals surface area contributed by atoms with Crippen LogP contribution in [0.4, 0.5) is 5.69 Å². The molecule has 0 aliphatic heterocycles. The van der Waals surface area contributed by atoms with E-state index in [0.29, 0.717) is 5.69 Å². The first-order valence-electron chi connectivity index (χ1n) is 2.66. The normalized spacial score (nSPS) is 9.80. The highest BCUT2D eigenvalue weighted by Gasteiger charge is 2.00. The van der Waals surface area contributed by atoms with Crippen molar-refractivity contribution < 1.29 is 0 Å². The molecule has 0 aromatic heterocycles. The van der Waals surface area contributed by atoms with E-state index in [4.69, 9.17) is 10.9 Å². The maximum absolute atomic E-state index is 5.60. The van der Waals surface area contributed by atoms with Crippen LogP contribution in [0.3, 0.4) is 0 Å². The van der Waals surface area contributed by atoms with Gasteiger partial charge in [0.1, 0.15) is 0 Å². The smallest absolute Gasteiger partial charge is 0.0597 e. The van der Waals surface area contributed by atoms with Gasteiger partial charge in [-0.2, -0.15) is 0 Å².